The molecule has 2 nitrogen and oxygen atoms in total. The van der Waals surface area contributed by atoms with Crippen LogP contribution in [0, 0.1) is 0 Å². The highest BCUT2D eigenvalue weighted by molar-refractivity contribution is 4.96. The van der Waals surface area contributed by atoms with Crippen LogP contribution in [0.1, 0.15) is 188 Å². The SMILES string of the molecule is CCCCCCCCCCCCCCCCCN1C=CN(CCCCCCCCCCC)C1CCC. The molecular formula is C34H68N2. The molecule has 1 heterocycles. The minimum atomic E-state index is 0.635. The van der Waals surface area contributed by atoms with Gasteiger partial charge in [0, 0.05) is 25.5 Å². The van der Waals surface area contributed by atoms with E-state index >= 15 is 0 Å². The molecule has 0 radical (unpaired) electrons. The number of hydrogen-bond acceptors (Lipinski definition) is 2. The van der Waals surface area contributed by atoms with E-state index in [-0.39, 0.29) is 0 Å². The molecule has 0 spiro atoms. The molecule has 0 bridgehead atoms. The molecule has 1 aliphatic rings. The van der Waals surface area contributed by atoms with Gasteiger partial charge in [-0.15, -0.1) is 0 Å². The summed E-state index contributed by atoms with van der Waals surface area (Å²) < 4.78 is 0. The molecule has 0 fully saturated rings. The highest BCUT2D eigenvalue weighted by Crippen LogP contribution is 2.22. The molecule has 0 saturated heterocycles. The molecule has 0 N–H and O–H groups in total. The predicted molar refractivity (Wildman–Crippen MR) is 163 cm³/mol. The lowest BCUT2D eigenvalue weighted by molar-refractivity contribution is 0.138. The Hall–Kier alpha value is -0.660. The summed E-state index contributed by atoms with van der Waals surface area (Å²) in [7, 11) is 0. The summed E-state index contributed by atoms with van der Waals surface area (Å²) in [5.74, 6) is 0. The summed E-state index contributed by atoms with van der Waals surface area (Å²) in [4.78, 5) is 5.30. The number of unbranched alkanes of at least 4 members (excludes halogenated alkanes) is 22. The monoisotopic (exact) mass is 505 g/mol. The fraction of sp³-hybridized carbons (Fsp3) is 0.941. The van der Waals surface area contributed by atoms with Gasteiger partial charge >= 0.3 is 0 Å². The van der Waals surface area contributed by atoms with Gasteiger partial charge in [0.05, 0.1) is 0 Å². The van der Waals surface area contributed by atoms with Crippen LogP contribution < -0.4 is 0 Å². The van der Waals surface area contributed by atoms with Gasteiger partial charge in [0.25, 0.3) is 0 Å². The Morgan fingerprint density at radius 3 is 0.917 bits per heavy atom. The molecule has 1 aliphatic heterocycles. The lowest BCUT2D eigenvalue weighted by Gasteiger charge is -2.33. The first-order chi connectivity index (χ1) is 17.8. The van der Waals surface area contributed by atoms with Crippen molar-refractivity contribution in [1.29, 1.82) is 0 Å². The molecule has 0 saturated carbocycles. The molecule has 0 aromatic rings. The molecule has 0 aliphatic carbocycles. The molecule has 214 valence electrons. The van der Waals surface area contributed by atoms with Gasteiger partial charge in [-0.3, -0.25) is 0 Å². The lowest BCUT2D eigenvalue weighted by Crippen LogP contribution is -2.39. The first-order valence-electron chi connectivity index (χ1n) is 17.0. The molecule has 36 heavy (non-hydrogen) atoms. The topological polar surface area (TPSA) is 6.48 Å². The molecule has 0 aromatic carbocycles. The van der Waals surface area contributed by atoms with Gasteiger partial charge in [0.1, 0.15) is 6.17 Å². The zero-order valence-electron chi connectivity index (χ0n) is 25.4. The second-order valence-electron chi connectivity index (χ2n) is 11.8. The Labute approximate surface area is 229 Å². The average molecular weight is 505 g/mol. The molecule has 1 unspecified atom stereocenters. The summed E-state index contributed by atoms with van der Waals surface area (Å²) in [6.45, 7) is 9.47. The molecular weight excluding hydrogens is 436 g/mol. The van der Waals surface area contributed by atoms with Gasteiger partial charge in [-0.25, -0.2) is 0 Å². The molecule has 1 atom stereocenters. The van der Waals surface area contributed by atoms with Crippen LogP contribution in [0.3, 0.4) is 0 Å². The standard InChI is InChI=1S/C34H68N2/c1-4-7-9-11-13-15-16-17-18-19-20-22-24-26-28-31-36-33-32-35(34(36)29-6-3)30-27-25-23-21-14-12-10-8-5-2/h32-34H,4-31H2,1-3H3. The molecule has 2 heteroatoms. The molecule has 1 rings (SSSR count). The Balaban J connectivity index is 1.96. The van der Waals surface area contributed by atoms with Crippen LogP contribution in [0.5, 0.6) is 0 Å². The van der Waals surface area contributed by atoms with Crippen LogP contribution in [-0.4, -0.2) is 29.1 Å². The van der Waals surface area contributed by atoms with Crippen molar-refractivity contribution in [3.05, 3.63) is 12.4 Å². The van der Waals surface area contributed by atoms with Gasteiger partial charge in [-0.05, 0) is 19.3 Å². The van der Waals surface area contributed by atoms with E-state index in [0.717, 1.165) is 0 Å². The first kappa shape index (κ1) is 33.4. The zero-order chi connectivity index (χ0) is 25.9. The maximum Gasteiger partial charge on any atom is 0.101 e. The number of nitrogens with zero attached hydrogens (tertiary/aromatic N) is 2. The minimum absolute atomic E-state index is 0.635. The van der Waals surface area contributed by atoms with Crippen molar-refractivity contribution >= 4 is 0 Å². The van der Waals surface area contributed by atoms with Gasteiger partial charge in [-0.2, -0.15) is 0 Å². The van der Waals surface area contributed by atoms with E-state index in [2.05, 4.69) is 43.0 Å². The fourth-order valence-corrected chi connectivity index (χ4v) is 5.87. The first-order valence-corrected chi connectivity index (χ1v) is 17.0. The van der Waals surface area contributed by atoms with Crippen LogP contribution in [0.2, 0.25) is 0 Å². The van der Waals surface area contributed by atoms with Crippen molar-refractivity contribution in [2.75, 3.05) is 13.1 Å². The van der Waals surface area contributed by atoms with E-state index in [9.17, 15) is 0 Å². The van der Waals surface area contributed by atoms with E-state index in [1.807, 2.05) is 0 Å². The van der Waals surface area contributed by atoms with Crippen molar-refractivity contribution in [2.24, 2.45) is 0 Å². The Morgan fingerprint density at radius 1 is 0.361 bits per heavy atom. The summed E-state index contributed by atoms with van der Waals surface area (Å²) in [6.07, 6.45) is 42.6. The molecule has 0 aromatic heterocycles. The van der Waals surface area contributed by atoms with E-state index in [0.29, 0.717) is 6.17 Å². The highest BCUT2D eigenvalue weighted by atomic mass is 15.4. The largest absolute Gasteiger partial charge is 0.356 e. The zero-order valence-corrected chi connectivity index (χ0v) is 25.4. The Morgan fingerprint density at radius 2 is 0.639 bits per heavy atom. The van der Waals surface area contributed by atoms with Crippen molar-refractivity contribution in [2.45, 2.75) is 194 Å². The second kappa shape index (κ2) is 26.0. The van der Waals surface area contributed by atoms with Gasteiger partial charge in [-0.1, -0.05) is 168 Å². The van der Waals surface area contributed by atoms with Gasteiger partial charge in [0.15, 0.2) is 0 Å². The summed E-state index contributed by atoms with van der Waals surface area (Å²) in [6, 6.07) is 0. The Bertz CT molecular complexity index is 460. The lowest BCUT2D eigenvalue weighted by atomic mass is 10.0. The van der Waals surface area contributed by atoms with E-state index in [4.69, 9.17) is 0 Å². The van der Waals surface area contributed by atoms with Crippen molar-refractivity contribution < 1.29 is 0 Å². The molecule has 0 amide bonds. The van der Waals surface area contributed by atoms with Crippen molar-refractivity contribution in [3.8, 4) is 0 Å². The van der Waals surface area contributed by atoms with Crippen LogP contribution in [-0.2, 0) is 0 Å². The highest BCUT2D eigenvalue weighted by Gasteiger charge is 2.24. The number of rotatable bonds is 28. The third-order valence-corrected chi connectivity index (χ3v) is 8.30. The number of hydrogen-bond donors (Lipinski definition) is 0. The van der Waals surface area contributed by atoms with E-state index in [1.54, 1.807) is 0 Å². The van der Waals surface area contributed by atoms with Crippen molar-refractivity contribution in [1.82, 2.24) is 9.80 Å². The third-order valence-electron chi connectivity index (χ3n) is 8.30. The van der Waals surface area contributed by atoms with E-state index < -0.39 is 0 Å². The second-order valence-corrected chi connectivity index (χ2v) is 11.8. The van der Waals surface area contributed by atoms with Crippen LogP contribution in [0.25, 0.3) is 0 Å². The maximum absolute atomic E-state index is 2.65. The van der Waals surface area contributed by atoms with Gasteiger partial charge in [0.2, 0.25) is 0 Å². The summed E-state index contributed by atoms with van der Waals surface area (Å²) >= 11 is 0. The minimum Gasteiger partial charge on any atom is -0.356 e. The van der Waals surface area contributed by atoms with Gasteiger partial charge < -0.3 is 9.80 Å². The Kier molecular flexibility index (Phi) is 24.1. The van der Waals surface area contributed by atoms with Crippen LogP contribution in [0.4, 0.5) is 0 Å². The van der Waals surface area contributed by atoms with E-state index in [1.165, 1.54) is 180 Å². The van der Waals surface area contributed by atoms with Crippen LogP contribution >= 0.6 is 0 Å². The average Bonchev–Trinajstić information content (AvgIpc) is 3.26. The predicted octanol–water partition coefficient (Wildman–Crippen LogP) is 11.6. The fourth-order valence-electron chi connectivity index (χ4n) is 5.87. The normalized spacial score (nSPS) is 15.5. The van der Waals surface area contributed by atoms with Crippen molar-refractivity contribution in [3.63, 3.8) is 0 Å². The maximum atomic E-state index is 2.65. The summed E-state index contributed by atoms with van der Waals surface area (Å²) in [5, 5.41) is 0. The third kappa shape index (κ3) is 18.6. The smallest absolute Gasteiger partial charge is 0.101 e. The van der Waals surface area contributed by atoms with Crippen LogP contribution in [0.15, 0.2) is 12.4 Å². The summed E-state index contributed by atoms with van der Waals surface area (Å²) in [5.41, 5.74) is 0. The quantitative estimate of drug-likeness (QED) is 0.0977.